The Morgan fingerprint density at radius 3 is 2.35 bits per heavy atom. The first-order valence-corrected chi connectivity index (χ1v) is 12.7. The van der Waals surface area contributed by atoms with Crippen LogP contribution in [0.15, 0.2) is 71.6 Å². The van der Waals surface area contributed by atoms with Crippen molar-refractivity contribution in [2.24, 2.45) is 0 Å². The average Bonchev–Trinajstić information content (AvgIpc) is 2.85. The third-order valence-corrected chi connectivity index (χ3v) is 7.76. The largest absolute Gasteiger partial charge is 0.495 e. The second kappa shape index (κ2) is 9.85. The van der Waals surface area contributed by atoms with Gasteiger partial charge in [0, 0.05) is 37.3 Å². The molecule has 0 atom stereocenters. The van der Waals surface area contributed by atoms with Crippen LogP contribution in [0.4, 0.5) is 10.1 Å². The molecule has 1 aliphatic heterocycles. The van der Waals surface area contributed by atoms with Gasteiger partial charge in [0.05, 0.1) is 23.4 Å². The van der Waals surface area contributed by atoms with Crippen molar-refractivity contribution in [3.8, 4) is 5.75 Å². The van der Waals surface area contributed by atoms with Gasteiger partial charge in [0.1, 0.15) is 11.6 Å². The molecule has 1 amide bonds. The number of hydrogen-bond donors (Lipinski definition) is 0. The van der Waals surface area contributed by atoms with Crippen molar-refractivity contribution in [2.45, 2.75) is 17.6 Å². The number of aryl methyl sites for hydroxylation is 1. The Kier molecular flexibility index (Phi) is 6.88. The average molecular weight is 483 g/mol. The zero-order valence-electron chi connectivity index (χ0n) is 19.2. The summed E-state index contributed by atoms with van der Waals surface area (Å²) in [5, 5.41) is 0. The SMILES string of the molecule is COc1ccccc1N1CCN(C(=O)c2cc(S(=O)(=O)Cc3ccccc3F)ccc2C)CC1. The summed E-state index contributed by atoms with van der Waals surface area (Å²) in [7, 11) is -2.19. The molecule has 0 unspecified atom stereocenters. The number of halogens is 1. The Hall–Kier alpha value is -3.39. The van der Waals surface area contributed by atoms with Gasteiger partial charge in [0.25, 0.3) is 5.91 Å². The molecule has 3 aromatic carbocycles. The molecule has 0 radical (unpaired) electrons. The van der Waals surface area contributed by atoms with Gasteiger partial charge in [-0.15, -0.1) is 0 Å². The van der Waals surface area contributed by atoms with E-state index in [1.807, 2.05) is 24.3 Å². The minimum atomic E-state index is -3.82. The first kappa shape index (κ1) is 23.8. The normalized spacial score (nSPS) is 14.2. The molecule has 6 nitrogen and oxygen atoms in total. The van der Waals surface area contributed by atoms with Crippen LogP contribution in [0.25, 0.3) is 0 Å². The fourth-order valence-corrected chi connectivity index (χ4v) is 5.52. The molecule has 1 aliphatic rings. The van der Waals surface area contributed by atoms with E-state index in [2.05, 4.69) is 4.90 Å². The molecule has 0 spiro atoms. The lowest BCUT2D eigenvalue weighted by Gasteiger charge is -2.36. The zero-order valence-corrected chi connectivity index (χ0v) is 20.0. The fourth-order valence-electron chi connectivity index (χ4n) is 4.14. The van der Waals surface area contributed by atoms with Crippen LogP contribution in [0, 0.1) is 12.7 Å². The third-order valence-electron chi connectivity index (χ3n) is 6.09. The fraction of sp³-hybridized carbons (Fsp3) is 0.269. The molecular formula is C26H27FN2O4S. The van der Waals surface area contributed by atoms with Crippen LogP contribution in [0.2, 0.25) is 0 Å². The minimum absolute atomic E-state index is 0.0114. The highest BCUT2D eigenvalue weighted by Crippen LogP contribution is 2.29. The molecule has 0 aromatic heterocycles. The van der Waals surface area contributed by atoms with Gasteiger partial charge in [-0.3, -0.25) is 4.79 Å². The molecule has 0 saturated carbocycles. The number of sulfone groups is 1. The van der Waals surface area contributed by atoms with Gasteiger partial charge < -0.3 is 14.5 Å². The van der Waals surface area contributed by atoms with Crippen LogP contribution >= 0.6 is 0 Å². The van der Waals surface area contributed by atoms with Crippen molar-refractivity contribution >= 4 is 21.4 Å². The van der Waals surface area contributed by atoms with Crippen LogP contribution < -0.4 is 9.64 Å². The number of para-hydroxylation sites is 2. The highest BCUT2D eigenvalue weighted by atomic mass is 32.2. The van der Waals surface area contributed by atoms with Crippen LogP contribution in [0.3, 0.4) is 0 Å². The Morgan fingerprint density at radius 1 is 0.971 bits per heavy atom. The van der Waals surface area contributed by atoms with Crippen molar-refractivity contribution in [2.75, 3.05) is 38.2 Å². The number of carbonyl (C=O) groups excluding carboxylic acids is 1. The van der Waals surface area contributed by atoms with Crippen molar-refractivity contribution in [1.29, 1.82) is 0 Å². The topological polar surface area (TPSA) is 66.9 Å². The Balaban J connectivity index is 1.51. The molecule has 0 N–H and O–H groups in total. The van der Waals surface area contributed by atoms with Gasteiger partial charge in [0.15, 0.2) is 9.84 Å². The van der Waals surface area contributed by atoms with Crippen molar-refractivity contribution < 1.29 is 22.3 Å². The predicted octanol–water partition coefficient (Wildman–Crippen LogP) is 4.08. The molecule has 34 heavy (non-hydrogen) atoms. The maximum atomic E-state index is 14.0. The maximum absolute atomic E-state index is 14.0. The third kappa shape index (κ3) is 4.92. The number of carbonyl (C=O) groups is 1. The van der Waals surface area contributed by atoms with E-state index in [4.69, 9.17) is 4.74 Å². The van der Waals surface area contributed by atoms with Crippen molar-refractivity contribution in [3.63, 3.8) is 0 Å². The molecule has 8 heteroatoms. The molecule has 4 rings (SSSR count). The molecule has 0 aliphatic carbocycles. The van der Waals surface area contributed by atoms with E-state index in [0.717, 1.165) is 11.4 Å². The minimum Gasteiger partial charge on any atom is -0.495 e. The number of anilines is 1. The number of hydrogen-bond acceptors (Lipinski definition) is 5. The summed E-state index contributed by atoms with van der Waals surface area (Å²) in [6.45, 7) is 4.06. The smallest absolute Gasteiger partial charge is 0.254 e. The molecule has 3 aromatic rings. The Bertz CT molecular complexity index is 1300. The van der Waals surface area contributed by atoms with E-state index in [1.54, 1.807) is 31.1 Å². The number of rotatable bonds is 6. The van der Waals surface area contributed by atoms with E-state index in [0.29, 0.717) is 37.3 Å². The summed E-state index contributed by atoms with van der Waals surface area (Å²) in [6.07, 6.45) is 0. The molecular weight excluding hydrogens is 455 g/mol. The van der Waals surface area contributed by atoms with Crippen molar-refractivity contribution in [3.05, 3.63) is 89.2 Å². The number of piperazine rings is 1. The molecule has 1 fully saturated rings. The number of ether oxygens (including phenoxy) is 1. The lowest BCUT2D eigenvalue weighted by Crippen LogP contribution is -2.49. The second-order valence-electron chi connectivity index (χ2n) is 8.28. The van der Waals surface area contributed by atoms with Crippen LogP contribution in [-0.2, 0) is 15.6 Å². The molecule has 1 heterocycles. The number of methoxy groups -OCH3 is 1. The van der Waals surface area contributed by atoms with E-state index in [1.165, 1.54) is 30.3 Å². The highest BCUT2D eigenvalue weighted by Gasteiger charge is 2.26. The zero-order chi connectivity index (χ0) is 24.3. The Morgan fingerprint density at radius 2 is 1.65 bits per heavy atom. The number of nitrogens with zero attached hydrogens (tertiary/aromatic N) is 2. The lowest BCUT2D eigenvalue weighted by molar-refractivity contribution is 0.0745. The van der Waals surface area contributed by atoms with E-state index >= 15 is 0 Å². The van der Waals surface area contributed by atoms with Crippen LogP contribution in [0.1, 0.15) is 21.5 Å². The number of amides is 1. The molecule has 0 bridgehead atoms. The van der Waals surface area contributed by atoms with E-state index in [-0.39, 0.29) is 16.4 Å². The van der Waals surface area contributed by atoms with E-state index in [9.17, 15) is 17.6 Å². The van der Waals surface area contributed by atoms with Gasteiger partial charge in [0.2, 0.25) is 0 Å². The first-order chi connectivity index (χ1) is 16.3. The summed E-state index contributed by atoms with van der Waals surface area (Å²) in [4.78, 5) is 17.2. The quantitative estimate of drug-likeness (QED) is 0.530. The van der Waals surface area contributed by atoms with Gasteiger partial charge >= 0.3 is 0 Å². The van der Waals surface area contributed by atoms with E-state index < -0.39 is 21.4 Å². The summed E-state index contributed by atoms with van der Waals surface area (Å²) in [6, 6.07) is 18.1. The lowest BCUT2D eigenvalue weighted by atomic mass is 10.1. The van der Waals surface area contributed by atoms with Crippen LogP contribution in [-0.4, -0.2) is 52.5 Å². The summed E-state index contributed by atoms with van der Waals surface area (Å²) in [5.41, 5.74) is 2.13. The standard InChI is InChI=1S/C26H27FN2O4S/c1-19-11-12-21(34(31,32)18-20-7-3-4-8-23(20)27)17-22(19)26(30)29-15-13-28(14-16-29)24-9-5-6-10-25(24)33-2/h3-12,17H,13-16,18H2,1-2H3. The Labute approximate surface area is 199 Å². The number of benzene rings is 3. The van der Waals surface area contributed by atoms with Gasteiger partial charge in [-0.25, -0.2) is 12.8 Å². The first-order valence-electron chi connectivity index (χ1n) is 11.0. The maximum Gasteiger partial charge on any atom is 0.254 e. The monoisotopic (exact) mass is 482 g/mol. The summed E-state index contributed by atoms with van der Waals surface area (Å²) < 4.78 is 45.4. The van der Waals surface area contributed by atoms with Crippen molar-refractivity contribution in [1.82, 2.24) is 4.90 Å². The second-order valence-corrected chi connectivity index (χ2v) is 10.3. The molecule has 1 saturated heterocycles. The highest BCUT2D eigenvalue weighted by molar-refractivity contribution is 7.90. The molecule has 178 valence electrons. The predicted molar refractivity (Wildman–Crippen MR) is 130 cm³/mol. The van der Waals surface area contributed by atoms with Gasteiger partial charge in [-0.1, -0.05) is 36.4 Å². The van der Waals surface area contributed by atoms with Gasteiger partial charge in [-0.05, 0) is 42.8 Å². The van der Waals surface area contributed by atoms with Gasteiger partial charge in [-0.2, -0.15) is 0 Å². The summed E-state index contributed by atoms with van der Waals surface area (Å²) >= 11 is 0. The van der Waals surface area contributed by atoms with Crippen LogP contribution in [0.5, 0.6) is 5.75 Å². The summed E-state index contributed by atoms with van der Waals surface area (Å²) in [5.74, 6) is -0.457.